The molecule has 8 atom stereocenters. The van der Waals surface area contributed by atoms with E-state index in [-0.39, 0.29) is 5.41 Å². The molecule has 6 heteroatoms. The average molecular weight is 480 g/mol. The zero-order chi connectivity index (χ0) is 23.5. The molecule has 4 unspecified atom stereocenters. The second kappa shape index (κ2) is 8.49. The van der Waals surface area contributed by atoms with Crippen molar-refractivity contribution < 1.29 is 13.7 Å². The first-order valence-electron chi connectivity index (χ1n) is 13.2. The molecule has 4 rings (SSSR count). The van der Waals surface area contributed by atoms with Crippen molar-refractivity contribution in [3.05, 3.63) is 0 Å². The average Bonchev–Trinajstić information content (AvgIpc) is 2.95. The molecule has 0 N–H and O–H groups in total. The summed E-state index contributed by atoms with van der Waals surface area (Å²) >= 11 is 0. The minimum atomic E-state index is -1.66. The van der Waals surface area contributed by atoms with E-state index in [1.807, 2.05) is 0 Å². The zero-order valence-corrected chi connectivity index (χ0v) is 24.3. The van der Waals surface area contributed by atoms with E-state index in [4.69, 9.17) is 13.7 Å². The van der Waals surface area contributed by atoms with Gasteiger partial charge in [0, 0.05) is 17.6 Å². The van der Waals surface area contributed by atoms with E-state index < -0.39 is 16.6 Å². The van der Waals surface area contributed by atoms with Gasteiger partial charge in [0.25, 0.3) is 0 Å². The molecular formula is C26H49NO3Si2. The van der Waals surface area contributed by atoms with Crippen LogP contribution < -0.4 is 0 Å². The van der Waals surface area contributed by atoms with Gasteiger partial charge in [-0.25, -0.2) is 0 Å². The van der Waals surface area contributed by atoms with Crippen LogP contribution >= 0.6 is 0 Å². The van der Waals surface area contributed by atoms with Gasteiger partial charge in [0.15, 0.2) is 16.6 Å². The van der Waals surface area contributed by atoms with Gasteiger partial charge < -0.3 is 13.7 Å². The Labute approximate surface area is 199 Å². The summed E-state index contributed by atoms with van der Waals surface area (Å²) in [4.78, 5) is 5.31. The highest BCUT2D eigenvalue weighted by molar-refractivity contribution is 6.70. The van der Waals surface area contributed by atoms with Crippen LogP contribution in [0.3, 0.4) is 0 Å². The largest absolute Gasteiger partial charge is 0.415 e. The first-order chi connectivity index (χ1) is 14.8. The fourth-order valence-corrected chi connectivity index (χ4v) is 10.9. The van der Waals surface area contributed by atoms with Crippen molar-refractivity contribution in [1.82, 2.24) is 0 Å². The summed E-state index contributed by atoms with van der Waals surface area (Å²) in [7, 11) is -1.45. The molecule has 0 amide bonds. The summed E-state index contributed by atoms with van der Waals surface area (Å²) in [6.07, 6.45) is 10.9. The van der Waals surface area contributed by atoms with E-state index >= 15 is 0 Å². The molecule has 0 aromatic rings. The lowest BCUT2D eigenvalue weighted by molar-refractivity contribution is -0.157. The summed E-state index contributed by atoms with van der Waals surface area (Å²) in [5.41, 5.74) is 1.82. The van der Waals surface area contributed by atoms with Crippen molar-refractivity contribution in [3.63, 3.8) is 0 Å². The molecule has 4 fully saturated rings. The van der Waals surface area contributed by atoms with Crippen LogP contribution in [0.15, 0.2) is 5.16 Å². The number of hydrogen-bond acceptors (Lipinski definition) is 4. The van der Waals surface area contributed by atoms with Crippen LogP contribution in [-0.2, 0) is 13.7 Å². The van der Waals surface area contributed by atoms with Crippen molar-refractivity contribution >= 4 is 22.3 Å². The molecule has 0 aromatic heterocycles. The summed E-state index contributed by atoms with van der Waals surface area (Å²) in [5, 5.41) is 4.55. The molecule has 0 saturated heterocycles. The van der Waals surface area contributed by atoms with Gasteiger partial charge in [-0.15, -0.1) is 0 Å². The Hall–Kier alpha value is -0.176. The monoisotopic (exact) mass is 479 g/mol. The predicted octanol–water partition coefficient (Wildman–Crippen LogP) is 7.08. The molecule has 4 nitrogen and oxygen atoms in total. The van der Waals surface area contributed by atoms with Gasteiger partial charge in [-0.3, -0.25) is 0 Å². The third kappa shape index (κ3) is 4.55. The van der Waals surface area contributed by atoms with Crippen LogP contribution in [0.25, 0.3) is 0 Å². The third-order valence-corrected chi connectivity index (χ3v) is 11.5. The molecule has 4 aliphatic rings. The Morgan fingerprint density at radius 3 is 2.22 bits per heavy atom. The highest BCUT2D eigenvalue weighted by Gasteiger charge is 2.63. The Morgan fingerprint density at radius 2 is 1.59 bits per heavy atom. The molecule has 32 heavy (non-hydrogen) atoms. The van der Waals surface area contributed by atoms with Gasteiger partial charge in [0.1, 0.15) is 7.11 Å². The molecule has 0 heterocycles. The quantitative estimate of drug-likeness (QED) is 0.312. The standard InChI is InChI=1S/C26H49NO3Si2/c1-25-15-14-19(29-31(4,5)6)16-18(25)10-11-20-21-12-13-23(27-28-3)26(21,2)17-22(24(20)25)30-32(7,8)9/h18-22,24H,10-17H2,1-9H3/t18-,19+,20?,21?,22?,24?,25-,26-/m0/s1. The Morgan fingerprint density at radius 1 is 0.906 bits per heavy atom. The van der Waals surface area contributed by atoms with Gasteiger partial charge in [-0.1, -0.05) is 19.0 Å². The minimum Gasteiger partial charge on any atom is -0.415 e. The van der Waals surface area contributed by atoms with Gasteiger partial charge in [-0.05, 0) is 120 Å². The van der Waals surface area contributed by atoms with Crippen LogP contribution in [0.5, 0.6) is 0 Å². The van der Waals surface area contributed by atoms with E-state index in [0.29, 0.717) is 23.5 Å². The van der Waals surface area contributed by atoms with Crippen LogP contribution in [-0.4, -0.2) is 41.7 Å². The normalized spacial score (nSPS) is 45.8. The Bertz CT molecular complexity index is 730. The molecular weight excluding hydrogens is 430 g/mol. The second-order valence-corrected chi connectivity index (χ2v) is 22.8. The SMILES string of the molecule is CON=C1CCC2C3CC[C@H]4C[C@H](O[Si](C)(C)C)CC[C@]4(C)C3C(O[Si](C)(C)C)C[C@]12C. The highest BCUT2D eigenvalue weighted by Crippen LogP contribution is 2.66. The summed E-state index contributed by atoms with van der Waals surface area (Å²) < 4.78 is 13.7. The fourth-order valence-electron chi connectivity index (χ4n) is 8.53. The molecule has 0 aromatic carbocycles. The van der Waals surface area contributed by atoms with E-state index in [0.717, 1.165) is 30.6 Å². The number of hydrogen-bond donors (Lipinski definition) is 0. The lowest BCUT2D eigenvalue weighted by atomic mass is 9.44. The maximum atomic E-state index is 7.09. The van der Waals surface area contributed by atoms with Crippen molar-refractivity contribution in [1.29, 1.82) is 0 Å². The molecule has 0 radical (unpaired) electrons. The van der Waals surface area contributed by atoms with Crippen molar-refractivity contribution in [2.45, 2.75) is 117 Å². The van der Waals surface area contributed by atoms with Crippen LogP contribution in [0.4, 0.5) is 0 Å². The van der Waals surface area contributed by atoms with Crippen molar-refractivity contribution in [3.8, 4) is 0 Å². The van der Waals surface area contributed by atoms with E-state index in [2.05, 4.69) is 58.3 Å². The first-order valence-corrected chi connectivity index (χ1v) is 20.0. The van der Waals surface area contributed by atoms with Crippen molar-refractivity contribution in [2.24, 2.45) is 39.7 Å². The van der Waals surface area contributed by atoms with E-state index in [1.54, 1.807) is 7.11 Å². The maximum Gasteiger partial charge on any atom is 0.184 e. The zero-order valence-electron chi connectivity index (χ0n) is 22.3. The second-order valence-electron chi connectivity index (χ2n) is 13.9. The number of fused-ring (bicyclic) bond motifs is 5. The summed E-state index contributed by atoms with van der Waals surface area (Å²) in [6.45, 7) is 19.3. The third-order valence-electron chi connectivity index (χ3n) is 9.50. The number of nitrogens with zero attached hydrogens (tertiary/aromatic N) is 1. The van der Waals surface area contributed by atoms with Crippen LogP contribution in [0.2, 0.25) is 39.3 Å². The smallest absolute Gasteiger partial charge is 0.184 e. The highest BCUT2D eigenvalue weighted by atomic mass is 28.4. The molecule has 0 spiro atoms. The van der Waals surface area contributed by atoms with E-state index in [1.165, 1.54) is 44.2 Å². The van der Waals surface area contributed by atoms with Gasteiger partial charge >= 0.3 is 0 Å². The summed E-state index contributed by atoms with van der Waals surface area (Å²) in [5.74, 6) is 2.96. The van der Waals surface area contributed by atoms with Crippen molar-refractivity contribution in [2.75, 3.05) is 7.11 Å². The fraction of sp³-hybridized carbons (Fsp3) is 0.962. The Kier molecular flexibility index (Phi) is 6.62. The van der Waals surface area contributed by atoms with Gasteiger partial charge in [0.2, 0.25) is 0 Å². The van der Waals surface area contributed by atoms with Crippen LogP contribution in [0.1, 0.15) is 65.2 Å². The Balaban J connectivity index is 1.65. The predicted molar refractivity (Wildman–Crippen MR) is 138 cm³/mol. The van der Waals surface area contributed by atoms with Crippen LogP contribution in [0, 0.1) is 34.5 Å². The lowest BCUT2D eigenvalue weighted by Gasteiger charge is -2.63. The topological polar surface area (TPSA) is 40.0 Å². The minimum absolute atomic E-state index is 0.142. The first kappa shape index (κ1) is 24.9. The summed E-state index contributed by atoms with van der Waals surface area (Å²) in [6, 6.07) is 0. The maximum absolute atomic E-state index is 7.09. The molecule has 184 valence electrons. The number of rotatable bonds is 5. The lowest BCUT2D eigenvalue weighted by Crippen LogP contribution is -2.61. The molecule has 0 aliphatic heterocycles. The molecule has 0 bridgehead atoms. The van der Waals surface area contributed by atoms with Gasteiger partial charge in [-0.2, -0.15) is 0 Å². The molecule has 4 saturated carbocycles. The van der Waals surface area contributed by atoms with E-state index in [9.17, 15) is 0 Å². The van der Waals surface area contributed by atoms with Gasteiger partial charge in [0.05, 0.1) is 5.71 Å². The number of oxime groups is 1. The molecule has 4 aliphatic carbocycles.